The van der Waals surface area contributed by atoms with Crippen LogP contribution >= 0.6 is 0 Å². The highest BCUT2D eigenvalue weighted by molar-refractivity contribution is 5.69. The Morgan fingerprint density at radius 3 is 2.46 bits per heavy atom. The average Bonchev–Trinajstić information content (AvgIpc) is 3.37. The van der Waals surface area contributed by atoms with Crippen molar-refractivity contribution in [3.8, 4) is 17.0 Å². The second kappa shape index (κ2) is 10.2. The van der Waals surface area contributed by atoms with Gasteiger partial charge in [0.25, 0.3) is 0 Å². The van der Waals surface area contributed by atoms with Crippen molar-refractivity contribution >= 4 is 28.7 Å². The lowest BCUT2D eigenvalue weighted by Gasteiger charge is -2.34. The number of aromatic nitrogens is 4. The fourth-order valence-electron chi connectivity index (χ4n) is 4.92. The molecular weight excluding hydrogens is 468 g/mol. The van der Waals surface area contributed by atoms with Gasteiger partial charge >= 0.3 is 0 Å². The molecule has 0 unspecified atom stereocenters. The summed E-state index contributed by atoms with van der Waals surface area (Å²) in [7, 11) is 3.87. The summed E-state index contributed by atoms with van der Waals surface area (Å²) < 4.78 is 13.0. The van der Waals surface area contributed by atoms with E-state index < -0.39 is 0 Å². The average molecular weight is 503 g/mol. The maximum absolute atomic E-state index is 5.73. The number of anilines is 4. The fraction of sp³-hybridized carbons (Fsp3) is 0.370. The Kier molecular flexibility index (Phi) is 6.50. The molecule has 0 atom stereocenters. The molecule has 2 aromatic heterocycles. The van der Waals surface area contributed by atoms with Gasteiger partial charge in [0.05, 0.1) is 44.1 Å². The SMILES string of the molecule is COc1cc(Nc2nc3cncc(-c4ccc(N5CCOCC5)cc4)n3n2)ccc1N1CCN(C)CC1.[HH]. The van der Waals surface area contributed by atoms with Crippen molar-refractivity contribution in [2.75, 3.05) is 81.8 Å². The molecule has 10 nitrogen and oxygen atoms in total. The zero-order chi connectivity index (χ0) is 25.2. The fourth-order valence-corrected chi connectivity index (χ4v) is 4.92. The van der Waals surface area contributed by atoms with Crippen LogP contribution < -0.4 is 19.9 Å². The molecule has 10 heteroatoms. The first-order valence-corrected chi connectivity index (χ1v) is 12.7. The van der Waals surface area contributed by atoms with Crippen molar-refractivity contribution in [3.63, 3.8) is 0 Å². The van der Waals surface area contributed by atoms with E-state index in [1.165, 1.54) is 5.69 Å². The number of piperazine rings is 1. The maximum atomic E-state index is 5.73. The first-order valence-electron chi connectivity index (χ1n) is 12.7. The molecule has 0 saturated carbocycles. The van der Waals surface area contributed by atoms with E-state index in [4.69, 9.17) is 14.6 Å². The van der Waals surface area contributed by atoms with Crippen molar-refractivity contribution < 1.29 is 10.9 Å². The smallest absolute Gasteiger partial charge is 0.247 e. The molecule has 37 heavy (non-hydrogen) atoms. The zero-order valence-electron chi connectivity index (χ0n) is 21.3. The molecule has 4 heterocycles. The Bertz CT molecular complexity index is 1370. The summed E-state index contributed by atoms with van der Waals surface area (Å²) in [6.45, 7) is 7.41. The highest BCUT2D eigenvalue weighted by Gasteiger charge is 2.19. The third-order valence-electron chi connectivity index (χ3n) is 7.07. The summed E-state index contributed by atoms with van der Waals surface area (Å²) in [5.41, 5.74) is 5.77. The van der Waals surface area contributed by atoms with Gasteiger partial charge in [0.1, 0.15) is 5.75 Å². The number of rotatable bonds is 6. The number of nitrogens with one attached hydrogen (secondary N) is 1. The predicted octanol–water partition coefficient (Wildman–Crippen LogP) is 3.38. The highest BCUT2D eigenvalue weighted by atomic mass is 16.5. The van der Waals surface area contributed by atoms with Gasteiger partial charge in [-0.25, -0.2) is 4.52 Å². The summed E-state index contributed by atoms with van der Waals surface area (Å²) in [6.07, 6.45) is 3.55. The Hall–Kier alpha value is -3.89. The van der Waals surface area contributed by atoms with Gasteiger partial charge in [0.2, 0.25) is 5.95 Å². The van der Waals surface area contributed by atoms with Gasteiger partial charge in [-0.15, -0.1) is 5.10 Å². The van der Waals surface area contributed by atoms with E-state index in [9.17, 15) is 0 Å². The standard InChI is InChI=1S/C27H32N8O2.H2/c1-32-9-11-34(12-10-32)23-8-5-21(17-25(23)36-2)29-27-30-26-19-28-18-24(35(26)31-27)20-3-6-22(7-4-20)33-13-15-37-16-14-33;/h3-8,17-19H,9-16H2,1-2H3,(H,29,31);1H. The molecule has 2 aliphatic heterocycles. The van der Waals surface area contributed by atoms with E-state index in [0.29, 0.717) is 11.6 Å². The molecule has 2 fully saturated rings. The first kappa shape index (κ1) is 23.5. The molecule has 194 valence electrons. The third-order valence-corrected chi connectivity index (χ3v) is 7.07. The second-order valence-corrected chi connectivity index (χ2v) is 9.45. The van der Waals surface area contributed by atoms with Gasteiger partial charge in [-0.2, -0.15) is 4.98 Å². The Balaban J connectivity index is 0.00000294. The van der Waals surface area contributed by atoms with Gasteiger partial charge in [-0.3, -0.25) is 4.98 Å². The minimum atomic E-state index is 0. The van der Waals surface area contributed by atoms with Gasteiger partial charge in [-0.1, -0.05) is 12.1 Å². The lowest BCUT2D eigenvalue weighted by molar-refractivity contribution is 0.122. The van der Waals surface area contributed by atoms with Gasteiger partial charge in [0.15, 0.2) is 5.65 Å². The molecular formula is C27H34N8O2. The molecule has 0 radical (unpaired) electrons. The third kappa shape index (κ3) is 4.90. The number of likely N-dealkylation sites (N-methyl/N-ethyl adjacent to an activating group) is 1. The van der Waals surface area contributed by atoms with E-state index in [1.807, 2.05) is 22.8 Å². The number of benzene rings is 2. The molecule has 2 aromatic carbocycles. The van der Waals surface area contributed by atoms with Crippen molar-refractivity contribution in [3.05, 3.63) is 54.9 Å². The number of hydrogen-bond donors (Lipinski definition) is 1. The molecule has 0 amide bonds. The van der Waals surface area contributed by atoms with Gasteiger partial charge in [-0.05, 0) is 31.3 Å². The largest absolute Gasteiger partial charge is 0.495 e. The number of morpholine rings is 1. The Morgan fingerprint density at radius 1 is 0.919 bits per heavy atom. The van der Waals surface area contributed by atoms with Gasteiger partial charge in [0, 0.05) is 63.7 Å². The Morgan fingerprint density at radius 2 is 1.70 bits per heavy atom. The monoisotopic (exact) mass is 502 g/mol. The van der Waals surface area contributed by atoms with Crippen LogP contribution in [0.15, 0.2) is 54.9 Å². The summed E-state index contributed by atoms with van der Waals surface area (Å²) in [5, 5.41) is 8.08. The van der Waals surface area contributed by atoms with Crippen LogP contribution in [0.25, 0.3) is 16.9 Å². The summed E-state index contributed by atoms with van der Waals surface area (Å²) in [6, 6.07) is 14.7. The van der Waals surface area contributed by atoms with E-state index >= 15 is 0 Å². The normalized spacial score (nSPS) is 16.8. The summed E-state index contributed by atoms with van der Waals surface area (Å²) in [5.74, 6) is 1.34. The lowest BCUT2D eigenvalue weighted by Crippen LogP contribution is -2.44. The summed E-state index contributed by atoms with van der Waals surface area (Å²) >= 11 is 0. The first-order chi connectivity index (χ1) is 18.2. The lowest BCUT2D eigenvalue weighted by atomic mass is 10.1. The van der Waals surface area contributed by atoms with E-state index in [2.05, 4.69) is 67.4 Å². The molecule has 2 saturated heterocycles. The van der Waals surface area contributed by atoms with Crippen LogP contribution in [0, 0.1) is 0 Å². The van der Waals surface area contributed by atoms with Crippen LogP contribution in [0.3, 0.4) is 0 Å². The second-order valence-electron chi connectivity index (χ2n) is 9.45. The quantitative estimate of drug-likeness (QED) is 0.427. The van der Waals surface area contributed by atoms with Crippen molar-refractivity contribution in [2.24, 2.45) is 0 Å². The molecule has 1 N–H and O–H groups in total. The topological polar surface area (TPSA) is 83.3 Å². The molecule has 4 aromatic rings. The number of methoxy groups -OCH3 is 1. The van der Waals surface area contributed by atoms with Crippen LogP contribution in [0.4, 0.5) is 23.0 Å². The summed E-state index contributed by atoms with van der Waals surface area (Å²) in [4.78, 5) is 16.1. The van der Waals surface area contributed by atoms with Crippen LogP contribution in [-0.2, 0) is 4.74 Å². The molecule has 6 rings (SSSR count). The number of hydrogen-bond acceptors (Lipinski definition) is 9. The minimum Gasteiger partial charge on any atom is -0.495 e. The maximum Gasteiger partial charge on any atom is 0.247 e. The van der Waals surface area contributed by atoms with Crippen LogP contribution in [0.2, 0.25) is 0 Å². The molecule has 0 bridgehead atoms. The van der Waals surface area contributed by atoms with Crippen molar-refractivity contribution in [1.82, 2.24) is 24.5 Å². The van der Waals surface area contributed by atoms with E-state index in [-0.39, 0.29) is 1.43 Å². The van der Waals surface area contributed by atoms with Crippen LogP contribution in [-0.4, -0.2) is 91.1 Å². The van der Waals surface area contributed by atoms with Crippen molar-refractivity contribution in [1.29, 1.82) is 0 Å². The zero-order valence-corrected chi connectivity index (χ0v) is 21.3. The highest BCUT2D eigenvalue weighted by Crippen LogP contribution is 2.33. The van der Waals surface area contributed by atoms with Crippen LogP contribution in [0.5, 0.6) is 5.75 Å². The number of nitrogens with zero attached hydrogens (tertiary/aromatic N) is 7. The number of ether oxygens (including phenoxy) is 2. The molecule has 2 aliphatic rings. The van der Waals surface area contributed by atoms with Gasteiger partial charge < -0.3 is 29.5 Å². The minimum absolute atomic E-state index is 0. The predicted molar refractivity (Wildman–Crippen MR) is 147 cm³/mol. The van der Waals surface area contributed by atoms with Crippen LogP contribution in [0.1, 0.15) is 1.43 Å². The molecule has 0 spiro atoms. The Labute approximate surface area is 217 Å². The van der Waals surface area contributed by atoms with Crippen molar-refractivity contribution in [2.45, 2.75) is 0 Å². The van der Waals surface area contributed by atoms with E-state index in [0.717, 1.165) is 80.9 Å². The van der Waals surface area contributed by atoms with E-state index in [1.54, 1.807) is 13.3 Å². The number of fused-ring (bicyclic) bond motifs is 1. The molecule has 0 aliphatic carbocycles.